The minimum atomic E-state index is -0.163. The fourth-order valence-electron chi connectivity index (χ4n) is 3.39. The van der Waals surface area contributed by atoms with Crippen LogP contribution in [0.15, 0.2) is 53.3 Å². The molecule has 1 aliphatic heterocycles. The van der Waals surface area contributed by atoms with Crippen molar-refractivity contribution < 1.29 is 4.79 Å². The molecule has 0 radical (unpaired) electrons. The zero-order chi connectivity index (χ0) is 19.8. The van der Waals surface area contributed by atoms with E-state index >= 15 is 0 Å². The van der Waals surface area contributed by atoms with Crippen LogP contribution in [0.4, 0.5) is 5.69 Å². The van der Waals surface area contributed by atoms with Gasteiger partial charge < -0.3 is 0 Å². The van der Waals surface area contributed by atoms with Crippen LogP contribution in [0.25, 0.3) is 6.08 Å². The van der Waals surface area contributed by atoms with Gasteiger partial charge in [-0.1, -0.05) is 18.2 Å². The average Bonchev–Trinajstić information content (AvgIpc) is 3.32. The van der Waals surface area contributed by atoms with Crippen LogP contribution in [-0.2, 0) is 18.4 Å². The van der Waals surface area contributed by atoms with Crippen molar-refractivity contribution in [2.45, 2.75) is 27.3 Å². The molecule has 0 atom stereocenters. The van der Waals surface area contributed by atoms with Crippen LogP contribution in [0.3, 0.4) is 0 Å². The maximum Gasteiger partial charge on any atom is 0.281 e. The number of hydrogen-bond acceptors (Lipinski definition) is 4. The molecule has 2 aromatic heterocycles. The van der Waals surface area contributed by atoms with Crippen LogP contribution < -0.4 is 5.01 Å². The second-order valence-electron chi connectivity index (χ2n) is 6.75. The molecule has 7 nitrogen and oxygen atoms in total. The summed E-state index contributed by atoms with van der Waals surface area (Å²) in [5.41, 5.74) is 5.48. The minimum Gasteiger partial charge on any atom is -0.270 e. The predicted molar refractivity (Wildman–Crippen MR) is 109 cm³/mol. The number of carbonyl (C=O) groups excluding carboxylic acids is 1. The van der Waals surface area contributed by atoms with Crippen molar-refractivity contribution in [2.24, 2.45) is 12.1 Å². The Kier molecular flexibility index (Phi) is 4.43. The molecule has 0 unspecified atom stereocenters. The normalized spacial score (nSPS) is 15.6. The van der Waals surface area contributed by atoms with Crippen LogP contribution in [0.1, 0.15) is 29.6 Å². The number of carbonyl (C=O) groups is 1. The van der Waals surface area contributed by atoms with Crippen LogP contribution >= 0.6 is 0 Å². The first-order chi connectivity index (χ1) is 13.5. The second kappa shape index (κ2) is 6.92. The maximum absolute atomic E-state index is 13.3. The SMILES string of the molecule is CCn1ncc(C=C2C(=O)N(c3ccccc3)N=C2c2cc(C)nn2C)c1C. The molecule has 0 saturated carbocycles. The van der Waals surface area contributed by atoms with Gasteiger partial charge in [0.25, 0.3) is 5.91 Å². The lowest BCUT2D eigenvalue weighted by Crippen LogP contribution is -2.21. The van der Waals surface area contributed by atoms with Crippen molar-refractivity contribution in [1.29, 1.82) is 0 Å². The molecule has 4 rings (SSSR count). The highest BCUT2D eigenvalue weighted by molar-refractivity contribution is 6.37. The highest BCUT2D eigenvalue weighted by Crippen LogP contribution is 2.28. The lowest BCUT2D eigenvalue weighted by Gasteiger charge is -2.10. The molecule has 0 saturated heterocycles. The standard InChI is InChI=1S/C21H22N6O/c1-5-26-15(3)16(13-22-26)12-18-20(19-11-14(2)23-25(19)4)24-27(21(18)28)17-9-7-6-8-10-17/h6-13H,5H2,1-4H3. The van der Waals surface area contributed by atoms with E-state index in [0.29, 0.717) is 11.3 Å². The number of nitrogens with zero attached hydrogens (tertiary/aromatic N) is 6. The van der Waals surface area contributed by atoms with Gasteiger partial charge in [0, 0.05) is 24.8 Å². The van der Waals surface area contributed by atoms with Gasteiger partial charge in [0.2, 0.25) is 0 Å². The summed E-state index contributed by atoms with van der Waals surface area (Å²) in [6.07, 6.45) is 3.66. The van der Waals surface area contributed by atoms with E-state index in [1.54, 1.807) is 10.9 Å². The monoisotopic (exact) mass is 374 g/mol. The van der Waals surface area contributed by atoms with Crippen molar-refractivity contribution in [1.82, 2.24) is 19.6 Å². The Morgan fingerprint density at radius 3 is 2.50 bits per heavy atom. The second-order valence-corrected chi connectivity index (χ2v) is 6.75. The van der Waals surface area contributed by atoms with Crippen molar-refractivity contribution >= 4 is 23.4 Å². The molecule has 28 heavy (non-hydrogen) atoms. The number of anilines is 1. The van der Waals surface area contributed by atoms with E-state index in [1.165, 1.54) is 5.01 Å². The number of benzene rings is 1. The van der Waals surface area contributed by atoms with Crippen molar-refractivity contribution in [3.05, 3.63) is 70.8 Å². The van der Waals surface area contributed by atoms with Gasteiger partial charge in [0.05, 0.1) is 28.8 Å². The van der Waals surface area contributed by atoms with Gasteiger partial charge in [-0.15, -0.1) is 0 Å². The van der Waals surface area contributed by atoms with Crippen molar-refractivity contribution in [3.8, 4) is 0 Å². The summed E-state index contributed by atoms with van der Waals surface area (Å²) in [6.45, 7) is 6.75. The summed E-state index contributed by atoms with van der Waals surface area (Å²) >= 11 is 0. The van der Waals surface area contributed by atoms with Crippen LogP contribution in [0.5, 0.6) is 0 Å². The molecular weight excluding hydrogens is 352 g/mol. The number of aryl methyl sites for hydroxylation is 3. The van der Waals surface area contributed by atoms with E-state index < -0.39 is 0 Å². The molecule has 0 bridgehead atoms. The number of rotatable bonds is 4. The van der Waals surface area contributed by atoms with Gasteiger partial charge >= 0.3 is 0 Å². The summed E-state index contributed by atoms with van der Waals surface area (Å²) in [6, 6.07) is 11.4. The molecule has 0 fully saturated rings. The molecule has 0 spiro atoms. The van der Waals surface area contributed by atoms with E-state index in [9.17, 15) is 4.79 Å². The van der Waals surface area contributed by atoms with E-state index in [0.717, 1.165) is 34.9 Å². The smallest absolute Gasteiger partial charge is 0.270 e. The highest BCUT2D eigenvalue weighted by Gasteiger charge is 2.33. The van der Waals surface area contributed by atoms with Crippen LogP contribution in [0, 0.1) is 13.8 Å². The highest BCUT2D eigenvalue weighted by atomic mass is 16.2. The maximum atomic E-state index is 13.3. The summed E-state index contributed by atoms with van der Waals surface area (Å²) in [5, 5.41) is 14.9. The Hall–Kier alpha value is -3.48. The topological polar surface area (TPSA) is 68.3 Å². The van der Waals surface area contributed by atoms with Crippen LogP contribution in [-0.4, -0.2) is 31.2 Å². The van der Waals surface area contributed by atoms with Gasteiger partial charge in [-0.2, -0.15) is 20.3 Å². The number of hydrazone groups is 1. The average molecular weight is 374 g/mol. The Bertz CT molecular complexity index is 1100. The third-order valence-corrected chi connectivity index (χ3v) is 4.86. The fraction of sp³-hybridized carbons (Fsp3) is 0.238. The van der Waals surface area contributed by atoms with Crippen molar-refractivity contribution in [3.63, 3.8) is 0 Å². The molecule has 1 aromatic carbocycles. The Morgan fingerprint density at radius 1 is 1.14 bits per heavy atom. The first-order valence-corrected chi connectivity index (χ1v) is 9.23. The summed E-state index contributed by atoms with van der Waals surface area (Å²) < 4.78 is 3.66. The van der Waals surface area contributed by atoms with Gasteiger partial charge in [-0.3, -0.25) is 14.2 Å². The summed E-state index contributed by atoms with van der Waals surface area (Å²) in [5.74, 6) is -0.163. The Morgan fingerprint density at radius 2 is 1.89 bits per heavy atom. The molecule has 3 aromatic rings. The number of hydrogen-bond donors (Lipinski definition) is 0. The lowest BCUT2D eigenvalue weighted by molar-refractivity contribution is -0.114. The third kappa shape index (κ3) is 2.94. The molecular formula is C21H22N6O. The van der Waals surface area contributed by atoms with Crippen molar-refractivity contribution in [2.75, 3.05) is 5.01 Å². The fourth-order valence-corrected chi connectivity index (χ4v) is 3.39. The van der Waals surface area contributed by atoms with Crippen LogP contribution in [0.2, 0.25) is 0 Å². The van der Waals surface area contributed by atoms with Gasteiger partial charge in [-0.25, -0.2) is 0 Å². The zero-order valence-electron chi connectivity index (χ0n) is 16.4. The summed E-state index contributed by atoms with van der Waals surface area (Å²) in [4.78, 5) is 13.3. The minimum absolute atomic E-state index is 0.163. The van der Waals surface area contributed by atoms with Gasteiger partial charge in [0.15, 0.2) is 0 Å². The molecule has 7 heteroatoms. The Balaban J connectivity index is 1.86. The largest absolute Gasteiger partial charge is 0.281 e. The van der Waals surface area contributed by atoms with E-state index in [1.807, 2.05) is 75.0 Å². The molecule has 1 aliphatic rings. The van der Waals surface area contributed by atoms with Gasteiger partial charge in [-0.05, 0) is 45.0 Å². The van der Waals surface area contributed by atoms with E-state index in [2.05, 4.69) is 15.3 Å². The summed E-state index contributed by atoms with van der Waals surface area (Å²) in [7, 11) is 1.86. The first kappa shape index (κ1) is 17.9. The Labute approximate surface area is 163 Å². The molecule has 0 N–H and O–H groups in total. The third-order valence-electron chi connectivity index (χ3n) is 4.86. The first-order valence-electron chi connectivity index (χ1n) is 9.23. The van der Waals surface area contributed by atoms with E-state index in [4.69, 9.17) is 0 Å². The number of para-hydroxylation sites is 1. The predicted octanol–water partition coefficient (Wildman–Crippen LogP) is 3.09. The zero-order valence-corrected chi connectivity index (χ0v) is 16.4. The number of amides is 1. The molecule has 3 heterocycles. The quantitative estimate of drug-likeness (QED) is 0.659. The molecule has 0 aliphatic carbocycles. The van der Waals surface area contributed by atoms with E-state index in [-0.39, 0.29) is 5.91 Å². The lowest BCUT2D eigenvalue weighted by atomic mass is 10.0. The molecule has 142 valence electrons. The number of aromatic nitrogens is 4. The van der Waals surface area contributed by atoms with Gasteiger partial charge in [0.1, 0.15) is 5.71 Å². The molecule has 1 amide bonds.